The molecular formula is C8H12N2O. The lowest BCUT2D eigenvalue weighted by atomic mass is 10.2. The van der Waals surface area contributed by atoms with E-state index in [9.17, 15) is 4.79 Å². The molecule has 0 unspecified atom stereocenters. The molecule has 0 saturated carbocycles. The number of nitrogens with zero attached hydrogens (tertiary/aromatic N) is 2. The first-order valence-electron chi connectivity index (χ1n) is 3.66. The van der Waals surface area contributed by atoms with Crippen LogP contribution in [0.3, 0.4) is 0 Å². The first-order chi connectivity index (χ1) is 5.11. The van der Waals surface area contributed by atoms with E-state index in [-0.39, 0.29) is 5.91 Å². The second-order valence-corrected chi connectivity index (χ2v) is 2.88. The summed E-state index contributed by atoms with van der Waals surface area (Å²) < 4.78 is 1.50. The minimum absolute atomic E-state index is 0.00407. The van der Waals surface area contributed by atoms with Gasteiger partial charge in [0.2, 0.25) is 5.91 Å². The second-order valence-electron chi connectivity index (χ2n) is 2.88. The van der Waals surface area contributed by atoms with E-state index in [4.69, 9.17) is 0 Å². The molecule has 0 spiro atoms. The van der Waals surface area contributed by atoms with Crippen molar-refractivity contribution in [2.24, 2.45) is 0 Å². The summed E-state index contributed by atoms with van der Waals surface area (Å²) in [5.41, 5.74) is 0.959. The average Bonchev–Trinajstić information content (AvgIpc) is 2.33. The fraction of sp³-hybridized carbons (Fsp3) is 0.500. The van der Waals surface area contributed by atoms with Crippen LogP contribution in [0.5, 0.6) is 0 Å². The van der Waals surface area contributed by atoms with Gasteiger partial charge in [0, 0.05) is 13.1 Å². The largest absolute Gasteiger partial charge is 0.276 e. The molecule has 0 aromatic carbocycles. The standard InChI is InChI=1S/C8H12N2O/c1-6(2)8-4-10(5-9-8)7(3)11/h4-6H,1-3H3. The van der Waals surface area contributed by atoms with Crippen LogP contribution in [0.15, 0.2) is 12.5 Å². The molecule has 1 rings (SSSR count). The van der Waals surface area contributed by atoms with Crippen LogP contribution in [0, 0.1) is 0 Å². The van der Waals surface area contributed by atoms with Gasteiger partial charge in [0.1, 0.15) is 6.33 Å². The summed E-state index contributed by atoms with van der Waals surface area (Å²) in [5.74, 6) is 0.389. The minimum Gasteiger partial charge on any atom is -0.276 e. The number of imidazole rings is 1. The van der Waals surface area contributed by atoms with Gasteiger partial charge in [0.25, 0.3) is 0 Å². The van der Waals surface area contributed by atoms with Gasteiger partial charge in [-0.2, -0.15) is 0 Å². The van der Waals surface area contributed by atoms with Crippen molar-refractivity contribution in [3.63, 3.8) is 0 Å². The normalized spacial score (nSPS) is 10.5. The fourth-order valence-electron chi connectivity index (χ4n) is 0.808. The highest BCUT2D eigenvalue weighted by Gasteiger charge is 2.04. The molecule has 1 aromatic rings. The second kappa shape index (κ2) is 2.86. The van der Waals surface area contributed by atoms with Crippen molar-refractivity contribution < 1.29 is 4.79 Å². The third-order valence-electron chi connectivity index (χ3n) is 1.56. The van der Waals surface area contributed by atoms with Crippen LogP contribution in [-0.2, 0) is 0 Å². The maximum Gasteiger partial charge on any atom is 0.228 e. The number of carbonyl (C=O) groups is 1. The van der Waals surface area contributed by atoms with Gasteiger partial charge in [0.05, 0.1) is 5.69 Å². The number of aromatic nitrogens is 2. The molecule has 0 N–H and O–H groups in total. The Morgan fingerprint density at radius 1 is 1.64 bits per heavy atom. The Kier molecular flexibility index (Phi) is 2.08. The number of hydrogen-bond acceptors (Lipinski definition) is 2. The van der Waals surface area contributed by atoms with E-state index in [2.05, 4.69) is 4.98 Å². The maximum atomic E-state index is 10.8. The van der Waals surface area contributed by atoms with Gasteiger partial charge in [0.15, 0.2) is 0 Å². The van der Waals surface area contributed by atoms with Gasteiger partial charge in [-0.25, -0.2) is 4.98 Å². The third kappa shape index (κ3) is 1.67. The quantitative estimate of drug-likeness (QED) is 0.613. The summed E-state index contributed by atoms with van der Waals surface area (Å²) in [7, 11) is 0. The van der Waals surface area contributed by atoms with Crippen LogP contribution in [0.2, 0.25) is 0 Å². The topological polar surface area (TPSA) is 34.9 Å². The molecule has 0 aliphatic rings. The van der Waals surface area contributed by atoms with Crippen LogP contribution in [-0.4, -0.2) is 15.5 Å². The predicted molar refractivity (Wildman–Crippen MR) is 42.6 cm³/mol. The van der Waals surface area contributed by atoms with Crippen molar-refractivity contribution in [3.05, 3.63) is 18.2 Å². The summed E-state index contributed by atoms with van der Waals surface area (Å²) in [6.45, 7) is 5.62. The number of carbonyl (C=O) groups excluding carboxylic acids is 1. The molecule has 1 aromatic heterocycles. The minimum atomic E-state index is 0.00407. The van der Waals surface area contributed by atoms with E-state index in [0.29, 0.717) is 5.92 Å². The molecule has 0 saturated heterocycles. The van der Waals surface area contributed by atoms with Crippen molar-refractivity contribution in [2.75, 3.05) is 0 Å². The molecule has 11 heavy (non-hydrogen) atoms. The van der Waals surface area contributed by atoms with E-state index in [1.54, 1.807) is 12.5 Å². The van der Waals surface area contributed by atoms with Gasteiger partial charge >= 0.3 is 0 Å². The summed E-state index contributed by atoms with van der Waals surface area (Å²) in [6, 6.07) is 0. The molecule has 0 fully saturated rings. The van der Waals surface area contributed by atoms with E-state index < -0.39 is 0 Å². The van der Waals surface area contributed by atoms with Gasteiger partial charge in [-0.1, -0.05) is 13.8 Å². The zero-order chi connectivity index (χ0) is 8.43. The zero-order valence-electron chi connectivity index (χ0n) is 7.03. The Balaban J connectivity index is 2.90. The highest BCUT2D eigenvalue weighted by molar-refractivity contribution is 5.75. The smallest absolute Gasteiger partial charge is 0.228 e. The molecule has 0 aliphatic carbocycles. The van der Waals surface area contributed by atoms with E-state index in [0.717, 1.165) is 5.69 Å². The Labute approximate surface area is 66.1 Å². The lowest BCUT2D eigenvalue weighted by molar-refractivity contribution is 0.0936. The monoisotopic (exact) mass is 152 g/mol. The predicted octanol–water partition coefficient (Wildman–Crippen LogP) is 1.67. The molecule has 3 heteroatoms. The Morgan fingerprint density at radius 3 is 2.55 bits per heavy atom. The molecule has 0 radical (unpaired) electrons. The average molecular weight is 152 g/mol. The molecule has 0 atom stereocenters. The van der Waals surface area contributed by atoms with Crippen molar-refractivity contribution in [3.8, 4) is 0 Å². The van der Waals surface area contributed by atoms with Crippen LogP contribution in [0.1, 0.15) is 37.2 Å². The Hall–Kier alpha value is -1.12. The third-order valence-corrected chi connectivity index (χ3v) is 1.56. The fourth-order valence-corrected chi connectivity index (χ4v) is 0.808. The van der Waals surface area contributed by atoms with Crippen molar-refractivity contribution >= 4 is 5.91 Å². The van der Waals surface area contributed by atoms with Gasteiger partial charge in [-0.15, -0.1) is 0 Å². The maximum absolute atomic E-state index is 10.8. The van der Waals surface area contributed by atoms with Crippen molar-refractivity contribution in [2.45, 2.75) is 26.7 Å². The van der Waals surface area contributed by atoms with Crippen LogP contribution >= 0.6 is 0 Å². The van der Waals surface area contributed by atoms with E-state index >= 15 is 0 Å². The Morgan fingerprint density at radius 2 is 2.27 bits per heavy atom. The molecule has 0 amide bonds. The van der Waals surface area contributed by atoms with Crippen LogP contribution in [0.4, 0.5) is 0 Å². The molecular weight excluding hydrogens is 140 g/mol. The van der Waals surface area contributed by atoms with E-state index in [1.165, 1.54) is 11.5 Å². The highest BCUT2D eigenvalue weighted by Crippen LogP contribution is 2.09. The number of hydrogen-bond donors (Lipinski definition) is 0. The van der Waals surface area contributed by atoms with E-state index in [1.807, 2.05) is 13.8 Å². The summed E-state index contributed by atoms with van der Waals surface area (Å²) >= 11 is 0. The summed E-state index contributed by atoms with van der Waals surface area (Å²) in [5, 5.41) is 0. The summed E-state index contributed by atoms with van der Waals surface area (Å²) in [4.78, 5) is 14.9. The first-order valence-corrected chi connectivity index (χ1v) is 3.66. The molecule has 3 nitrogen and oxygen atoms in total. The SMILES string of the molecule is CC(=O)n1cnc(C(C)C)c1. The zero-order valence-corrected chi connectivity index (χ0v) is 7.03. The van der Waals surface area contributed by atoms with Gasteiger partial charge in [-0.3, -0.25) is 9.36 Å². The Bertz CT molecular complexity index is 263. The first kappa shape index (κ1) is 7.98. The number of rotatable bonds is 1. The lowest BCUT2D eigenvalue weighted by Gasteiger charge is -1.96. The van der Waals surface area contributed by atoms with Crippen molar-refractivity contribution in [1.82, 2.24) is 9.55 Å². The van der Waals surface area contributed by atoms with Crippen LogP contribution < -0.4 is 0 Å². The molecule has 1 heterocycles. The summed E-state index contributed by atoms with van der Waals surface area (Å²) in [6.07, 6.45) is 3.32. The molecule has 60 valence electrons. The lowest BCUT2D eigenvalue weighted by Crippen LogP contribution is -2.01. The van der Waals surface area contributed by atoms with Crippen LogP contribution in [0.25, 0.3) is 0 Å². The highest BCUT2D eigenvalue weighted by atomic mass is 16.1. The molecule has 0 bridgehead atoms. The van der Waals surface area contributed by atoms with Gasteiger partial charge in [-0.05, 0) is 5.92 Å². The molecule has 0 aliphatic heterocycles. The van der Waals surface area contributed by atoms with Crippen molar-refractivity contribution in [1.29, 1.82) is 0 Å². The van der Waals surface area contributed by atoms with Gasteiger partial charge < -0.3 is 0 Å².